The van der Waals surface area contributed by atoms with Crippen LogP contribution >= 0.6 is 0 Å². The molecule has 0 saturated carbocycles. The summed E-state index contributed by atoms with van der Waals surface area (Å²) in [5.74, 6) is 1.65. The van der Waals surface area contributed by atoms with Crippen molar-refractivity contribution in [3.8, 4) is 6.07 Å². The minimum atomic E-state index is 0.357. The maximum absolute atomic E-state index is 9.21. The van der Waals surface area contributed by atoms with Crippen LogP contribution in [0, 0.1) is 11.3 Å². The zero-order chi connectivity index (χ0) is 15.4. The molecule has 0 N–H and O–H groups in total. The lowest BCUT2D eigenvalue weighted by Gasteiger charge is -2.30. The number of nitrogens with zero attached hydrogens (tertiary/aromatic N) is 6. The van der Waals surface area contributed by atoms with E-state index in [1.807, 2.05) is 19.2 Å². The molecule has 0 aliphatic carbocycles. The molecule has 0 bridgehead atoms. The molecule has 6 nitrogen and oxygen atoms in total. The van der Waals surface area contributed by atoms with Gasteiger partial charge in [-0.2, -0.15) is 10.4 Å². The van der Waals surface area contributed by atoms with Crippen LogP contribution in [0.15, 0.2) is 36.7 Å². The largest absolute Gasteiger partial charge is 0.357 e. The van der Waals surface area contributed by atoms with Crippen LogP contribution in [0.1, 0.15) is 18.4 Å². The maximum Gasteiger partial charge on any atom is 0.151 e. The van der Waals surface area contributed by atoms with Gasteiger partial charge in [0.15, 0.2) is 5.82 Å². The van der Waals surface area contributed by atoms with Crippen LogP contribution in [0.4, 0.5) is 11.6 Å². The lowest BCUT2D eigenvalue weighted by atomic mass is 10.2. The van der Waals surface area contributed by atoms with Crippen LogP contribution in [0.3, 0.4) is 0 Å². The second-order valence-corrected chi connectivity index (χ2v) is 5.44. The molecule has 6 heteroatoms. The van der Waals surface area contributed by atoms with Crippen LogP contribution in [-0.2, 0) is 0 Å². The molecule has 1 aliphatic rings. The summed E-state index contributed by atoms with van der Waals surface area (Å²) in [4.78, 5) is 8.69. The van der Waals surface area contributed by atoms with Crippen LogP contribution in [0.25, 0.3) is 0 Å². The Labute approximate surface area is 130 Å². The lowest BCUT2D eigenvalue weighted by Crippen LogP contribution is -2.40. The van der Waals surface area contributed by atoms with E-state index in [-0.39, 0.29) is 0 Å². The second kappa shape index (κ2) is 6.39. The molecule has 1 aliphatic heterocycles. The molecular weight excluding hydrogens is 276 g/mol. The van der Waals surface area contributed by atoms with Crippen molar-refractivity contribution >= 4 is 11.6 Å². The van der Waals surface area contributed by atoms with Crippen molar-refractivity contribution in [2.45, 2.75) is 18.9 Å². The summed E-state index contributed by atoms with van der Waals surface area (Å²) in [5, 5.41) is 17.4. The number of anilines is 2. The number of rotatable bonds is 4. The summed E-state index contributed by atoms with van der Waals surface area (Å²) in [7, 11) is 1.98. The number of likely N-dealkylation sites (N-methyl/N-ethyl adjacent to an activating group) is 1. The highest BCUT2D eigenvalue weighted by molar-refractivity contribution is 5.53. The molecule has 112 valence electrons. The zero-order valence-electron chi connectivity index (χ0n) is 12.6. The summed E-state index contributed by atoms with van der Waals surface area (Å²) < 4.78 is 0. The second-order valence-electron chi connectivity index (χ2n) is 5.44. The fourth-order valence-electron chi connectivity index (χ4n) is 2.96. The predicted molar refractivity (Wildman–Crippen MR) is 84.6 cm³/mol. The highest BCUT2D eigenvalue weighted by Crippen LogP contribution is 2.25. The lowest BCUT2D eigenvalue weighted by molar-refractivity contribution is 0.643. The van der Waals surface area contributed by atoms with Crippen molar-refractivity contribution in [1.29, 1.82) is 5.26 Å². The fraction of sp³-hybridized carbons (Fsp3) is 0.375. The van der Waals surface area contributed by atoms with Gasteiger partial charge in [-0.25, -0.2) is 4.98 Å². The molecule has 0 spiro atoms. The monoisotopic (exact) mass is 294 g/mol. The summed E-state index contributed by atoms with van der Waals surface area (Å²) in [6.07, 6.45) is 5.66. The first-order valence-electron chi connectivity index (χ1n) is 7.40. The van der Waals surface area contributed by atoms with E-state index in [2.05, 4.69) is 31.1 Å². The molecule has 0 amide bonds. The minimum absolute atomic E-state index is 0.357. The van der Waals surface area contributed by atoms with Crippen molar-refractivity contribution in [2.24, 2.45) is 0 Å². The van der Waals surface area contributed by atoms with Gasteiger partial charge in [0.25, 0.3) is 0 Å². The first-order chi connectivity index (χ1) is 10.8. The Morgan fingerprint density at radius 3 is 3.00 bits per heavy atom. The average molecular weight is 294 g/mol. The SMILES string of the molecule is CN(C[C@@H]1CCCN1c1cccnn1)c1ncccc1C#N. The Morgan fingerprint density at radius 2 is 2.23 bits per heavy atom. The number of hydrogen-bond donors (Lipinski definition) is 0. The van der Waals surface area contributed by atoms with Gasteiger partial charge in [-0.15, -0.1) is 5.10 Å². The van der Waals surface area contributed by atoms with Gasteiger partial charge in [-0.1, -0.05) is 0 Å². The third-order valence-electron chi connectivity index (χ3n) is 3.98. The van der Waals surface area contributed by atoms with Crippen molar-refractivity contribution in [3.05, 3.63) is 42.2 Å². The summed E-state index contributed by atoms with van der Waals surface area (Å²) in [5.41, 5.74) is 0.606. The number of nitriles is 1. The fourth-order valence-corrected chi connectivity index (χ4v) is 2.96. The Morgan fingerprint density at radius 1 is 1.36 bits per heavy atom. The van der Waals surface area contributed by atoms with Crippen LogP contribution in [0.2, 0.25) is 0 Å². The van der Waals surface area contributed by atoms with Gasteiger partial charge < -0.3 is 9.80 Å². The minimum Gasteiger partial charge on any atom is -0.357 e. The molecule has 1 atom stereocenters. The first kappa shape index (κ1) is 14.3. The Balaban J connectivity index is 1.76. The molecule has 1 saturated heterocycles. The van der Waals surface area contributed by atoms with Crippen LogP contribution < -0.4 is 9.80 Å². The quantitative estimate of drug-likeness (QED) is 0.857. The summed E-state index contributed by atoms with van der Waals surface area (Å²) >= 11 is 0. The van der Waals surface area contributed by atoms with E-state index in [4.69, 9.17) is 0 Å². The van der Waals surface area contributed by atoms with Gasteiger partial charge >= 0.3 is 0 Å². The molecule has 2 aromatic rings. The van der Waals surface area contributed by atoms with Crippen LogP contribution in [-0.4, -0.2) is 41.4 Å². The number of pyridine rings is 1. The molecule has 3 heterocycles. The average Bonchev–Trinajstić information content (AvgIpc) is 3.03. The van der Waals surface area contributed by atoms with Crippen molar-refractivity contribution in [1.82, 2.24) is 15.2 Å². The van der Waals surface area contributed by atoms with Gasteiger partial charge in [-0.05, 0) is 37.1 Å². The van der Waals surface area contributed by atoms with Gasteiger partial charge in [0.1, 0.15) is 11.9 Å². The van der Waals surface area contributed by atoms with E-state index in [0.717, 1.165) is 37.6 Å². The molecule has 3 rings (SSSR count). The highest BCUT2D eigenvalue weighted by atomic mass is 15.3. The topological polar surface area (TPSA) is 68.9 Å². The number of aromatic nitrogens is 3. The summed E-state index contributed by atoms with van der Waals surface area (Å²) in [6.45, 7) is 1.80. The third-order valence-corrected chi connectivity index (χ3v) is 3.98. The van der Waals surface area contributed by atoms with Gasteiger partial charge in [0.05, 0.1) is 5.56 Å². The van der Waals surface area contributed by atoms with Gasteiger partial charge in [0, 0.05) is 38.6 Å². The van der Waals surface area contributed by atoms with E-state index in [0.29, 0.717) is 11.6 Å². The highest BCUT2D eigenvalue weighted by Gasteiger charge is 2.27. The zero-order valence-corrected chi connectivity index (χ0v) is 12.6. The molecule has 22 heavy (non-hydrogen) atoms. The predicted octanol–water partition coefficient (Wildman–Crippen LogP) is 1.85. The molecule has 0 aromatic carbocycles. The van der Waals surface area contributed by atoms with Crippen LogP contribution in [0.5, 0.6) is 0 Å². The normalized spacial score (nSPS) is 17.3. The van der Waals surface area contributed by atoms with Crippen molar-refractivity contribution in [2.75, 3.05) is 29.9 Å². The first-order valence-corrected chi connectivity index (χ1v) is 7.40. The molecule has 2 aromatic heterocycles. The third kappa shape index (κ3) is 2.84. The van der Waals surface area contributed by atoms with Gasteiger partial charge in [0.2, 0.25) is 0 Å². The van der Waals surface area contributed by atoms with E-state index in [1.165, 1.54) is 0 Å². The Bertz CT molecular complexity index is 666. The summed E-state index contributed by atoms with van der Waals surface area (Å²) in [6, 6.07) is 10.1. The molecule has 0 radical (unpaired) electrons. The van der Waals surface area contributed by atoms with E-state index >= 15 is 0 Å². The van der Waals surface area contributed by atoms with E-state index in [1.54, 1.807) is 24.5 Å². The molecular formula is C16H18N6. The maximum atomic E-state index is 9.21. The standard InChI is InChI=1S/C16H18N6/c1-21(16-13(11-17)5-2-8-18-16)12-14-6-4-10-22(14)15-7-3-9-19-20-15/h2-3,5,7-9,14H,4,6,10,12H2,1H3/t14-/m0/s1. The molecule has 0 unspecified atom stereocenters. The molecule has 1 fully saturated rings. The Kier molecular flexibility index (Phi) is 4.15. The smallest absolute Gasteiger partial charge is 0.151 e. The number of hydrogen-bond acceptors (Lipinski definition) is 6. The Hall–Kier alpha value is -2.68. The van der Waals surface area contributed by atoms with E-state index in [9.17, 15) is 5.26 Å². The van der Waals surface area contributed by atoms with Crippen molar-refractivity contribution in [3.63, 3.8) is 0 Å². The van der Waals surface area contributed by atoms with Gasteiger partial charge in [-0.3, -0.25) is 0 Å². The van der Waals surface area contributed by atoms with E-state index < -0.39 is 0 Å². The van der Waals surface area contributed by atoms with Crippen molar-refractivity contribution < 1.29 is 0 Å².